The van der Waals surface area contributed by atoms with Crippen molar-refractivity contribution in [1.29, 1.82) is 0 Å². The Hall–Kier alpha value is -2.74. The van der Waals surface area contributed by atoms with Gasteiger partial charge in [-0.05, 0) is 54.4 Å². The Kier molecular flexibility index (Phi) is 4.22. The number of ether oxygens (including phenoxy) is 3. The lowest BCUT2D eigenvalue weighted by molar-refractivity contribution is -0.286. The first-order valence-electron chi connectivity index (χ1n) is 7.89. The molecule has 1 aliphatic rings. The van der Waals surface area contributed by atoms with Crippen LogP contribution in [-0.2, 0) is 6.61 Å². The van der Waals surface area contributed by atoms with Gasteiger partial charge in [-0.3, -0.25) is 0 Å². The first-order valence-corrected chi connectivity index (χ1v) is 8.70. The van der Waals surface area contributed by atoms with Crippen LogP contribution in [0.5, 0.6) is 16.6 Å². The standard InChI is InChI=1S/C19H12F4O3S/c1-10-7-15-16(26-19(22,23)25-15)8-11(10)17-5-6-18(27-17)24-9-12-13(20)3-2-4-14(12)21/h2-8H,9H2,1H3. The molecule has 2 heterocycles. The topological polar surface area (TPSA) is 27.7 Å². The zero-order valence-corrected chi connectivity index (χ0v) is 14.7. The molecule has 0 radical (unpaired) electrons. The fourth-order valence-corrected chi connectivity index (χ4v) is 3.66. The molecule has 3 aromatic rings. The minimum absolute atomic E-state index is 0.0238. The van der Waals surface area contributed by atoms with Crippen molar-refractivity contribution in [1.82, 2.24) is 0 Å². The quantitative estimate of drug-likeness (QED) is 0.514. The first-order chi connectivity index (χ1) is 12.8. The molecule has 8 heteroatoms. The molecule has 4 rings (SSSR count). The molecule has 1 aromatic heterocycles. The second-order valence-electron chi connectivity index (χ2n) is 5.89. The fourth-order valence-electron chi connectivity index (χ4n) is 2.72. The molecule has 27 heavy (non-hydrogen) atoms. The van der Waals surface area contributed by atoms with Crippen LogP contribution in [-0.4, -0.2) is 6.29 Å². The molecule has 0 bridgehead atoms. The number of thiophene rings is 1. The van der Waals surface area contributed by atoms with Crippen molar-refractivity contribution in [2.45, 2.75) is 19.8 Å². The number of benzene rings is 2. The summed E-state index contributed by atoms with van der Waals surface area (Å²) in [6, 6.07) is 9.93. The Morgan fingerprint density at radius 1 is 1.00 bits per heavy atom. The first kappa shape index (κ1) is 17.7. The molecule has 1 aliphatic heterocycles. The van der Waals surface area contributed by atoms with E-state index in [4.69, 9.17) is 4.74 Å². The van der Waals surface area contributed by atoms with E-state index in [1.54, 1.807) is 19.1 Å². The van der Waals surface area contributed by atoms with Gasteiger partial charge in [0.2, 0.25) is 0 Å². The van der Waals surface area contributed by atoms with Crippen LogP contribution in [0.2, 0.25) is 0 Å². The molecule has 0 atom stereocenters. The minimum atomic E-state index is -3.68. The number of aryl methyl sites for hydroxylation is 1. The number of halogens is 4. The normalized spacial score (nSPS) is 14.4. The fraction of sp³-hybridized carbons (Fsp3) is 0.158. The molecule has 3 nitrogen and oxygen atoms in total. The monoisotopic (exact) mass is 396 g/mol. The number of fused-ring (bicyclic) bond motifs is 1. The number of alkyl halides is 2. The Balaban J connectivity index is 1.55. The highest BCUT2D eigenvalue weighted by atomic mass is 32.1. The largest absolute Gasteiger partial charge is 0.586 e. The maximum atomic E-state index is 13.7. The molecule has 0 saturated heterocycles. The summed E-state index contributed by atoms with van der Waals surface area (Å²) in [6.07, 6.45) is -3.68. The van der Waals surface area contributed by atoms with E-state index in [0.29, 0.717) is 16.2 Å². The van der Waals surface area contributed by atoms with Crippen molar-refractivity contribution in [3.8, 4) is 27.0 Å². The average Bonchev–Trinajstić information content (AvgIpc) is 3.16. The van der Waals surface area contributed by atoms with Crippen LogP contribution in [0.4, 0.5) is 17.6 Å². The van der Waals surface area contributed by atoms with E-state index >= 15 is 0 Å². The molecular formula is C19H12F4O3S. The van der Waals surface area contributed by atoms with E-state index in [-0.39, 0.29) is 23.7 Å². The third kappa shape index (κ3) is 3.44. The van der Waals surface area contributed by atoms with Gasteiger partial charge in [0.25, 0.3) is 0 Å². The Morgan fingerprint density at radius 3 is 2.37 bits per heavy atom. The summed E-state index contributed by atoms with van der Waals surface area (Å²) in [5.41, 5.74) is 1.23. The lowest BCUT2D eigenvalue weighted by Gasteiger charge is -2.06. The van der Waals surface area contributed by atoms with Crippen LogP contribution >= 0.6 is 11.3 Å². The highest BCUT2D eigenvalue weighted by molar-refractivity contribution is 7.17. The summed E-state index contributed by atoms with van der Waals surface area (Å²) in [4.78, 5) is 0.734. The van der Waals surface area contributed by atoms with Crippen LogP contribution in [0.15, 0.2) is 42.5 Å². The molecule has 0 saturated carbocycles. The van der Waals surface area contributed by atoms with Crippen LogP contribution in [0.25, 0.3) is 10.4 Å². The second kappa shape index (κ2) is 6.45. The van der Waals surface area contributed by atoms with Crippen molar-refractivity contribution < 1.29 is 31.8 Å². The summed E-state index contributed by atoms with van der Waals surface area (Å²) >= 11 is 1.23. The van der Waals surface area contributed by atoms with E-state index in [9.17, 15) is 17.6 Å². The Morgan fingerprint density at radius 2 is 1.67 bits per heavy atom. The molecule has 0 fully saturated rings. The Bertz CT molecular complexity index is 996. The van der Waals surface area contributed by atoms with Crippen LogP contribution in [0.3, 0.4) is 0 Å². The van der Waals surface area contributed by atoms with E-state index < -0.39 is 17.9 Å². The second-order valence-corrected chi connectivity index (χ2v) is 6.94. The average molecular weight is 396 g/mol. The summed E-state index contributed by atoms with van der Waals surface area (Å²) in [7, 11) is 0. The van der Waals surface area contributed by atoms with Crippen LogP contribution in [0, 0.1) is 18.6 Å². The molecule has 0 amide bonds. The maximum absolute atomic E-state index is 13.7. The Labute approximate surface area is 155 Å². The van der Waals surface area contributed by atoms with Crippen molar-refractivity contribution in [3.63, 3.8) is 0 Å². The summed E-state index contributed by atoms with van der Waals surface area (Å²) < 4.78 is 68.1. The molecule has 0 spiro atoms. The predicted octanol–water partition coefficient (Wildman–Crippen LogP) is 5.90. The zero-order chi connectivity index (χ0) is 19.2. The molecule has 0 unspecified atom stereocenters. The molecule has 0 aliphatic carbocycles. The van der Waals surface area contributed by atoms with Gasteiger partial charge in [-0.1, -0.05) is 17.4 Å². The third-order valence-corrected chi connectivity index (χ3v) is 5.05. The van der Waals surface area contributed by atoms with E-state index in [0.717, 1.165) is 17.0 Å². The van der Waals surface area contributed by atoms with Gasteiger partial charge in [-0.25, -0.2) is 8.78 Å². The van der Waals surface area contributed by atoms with E-state index in [2.05, 4.69) is 9.47 Å². The zero-order valence-electron chi connectivity index (χ0n) is 13.9. The van der Waals surface area contributed by atoms with Crippen molar-refractivity contribution in [2.75, 3.05) is 0 Å². The smallest absolute Gasteiger partial charge is 0.479 e. The maximum Gasteiger partial charge on any atom is 0.586 e. The van der Waals surface area contributed by atoms with Gasteiger partial charge in [0, 0.05) is 4.88 Å². The van der Waals surface area contributed by atoms with Gasteiger partial charge in [0.1, 0.15) is 18.2 Å². The minimum Gasteiger partial charge on any atom is -0.479 e. The van der Waals surface area contributed by atoms with Crippen LogP contribution in [0.1, 0.15) is 11.1 Å². The van der Waals surface area contributed by atoms with E-state index in [1.807, 2.05) is 0 Å². The molecule has 0 N–H and O–H groups in total. The van der Waals surface area contributed by atoms with Crippen LogP contribution < -0.4 is 14.2 Å². The van der Waals surface area contributed by atoms with Gasteiger partial charge < -0.3 is 14.2 Å². The summed E-state index contributed by atoms with van der Waals surface area (Å²) in [5, 5.41) is 0.440. The van der Waals surface area contributed by atoms with Gasteiger partial charge in [-0.15, -0.1) is 8.78 Å². The van der Waals surface area contributed by atoms with Gasteiger partial charge in [0.05, 0.1) is 5.56 Å². The molecular weight excluding hydrogens is 384 g/mol. The SMILES string of the molecule is Cc1cc2c(cc1-c1ccc(OCc3c(F)cccc3F)s1)OC(F)(F)O2. The lowest BCUT2D eigenvalue weighted by atomic mass is 10.1. The summed E-state index contributed by atoms with van der Waals surface area (Å²) in [6.45, 7) is 1.50. The van der Waals surface area contributed by atoms with E-state index in [1.165, 1.54) is 29.5 Å². The number of hydrogen-bond donors (Lipinski definition) is 0. The third-order valence-electron chi connectivity index (χ3n) is 4.02. The predicted molar refractivity (Wildman–Crippen MR) is 91.4 cm³/mol. The van der Waals surface area contributed by atoms with Gasteiger partial charge >= 0.3 is 6.29 Å². The van der Waals surface area contributed by atoms with Gasteiger partial charge in [0.15, 0.2) is 16.6 Å². The summed E-state index contributed by atoms with van der Waals surface area (Å²) in [5.74, 6) is -1.44. The van der Waals surface area contributed by atoms with Gasteiger partial charge in [-0.2, -0.15) is 0 Å². The number of hydrogen-bond acceptors (Lipinski definition) is 4. The molecule has 2 aromatic carbocycles. The molecule has 140 valence electrons. The van der Waals surface area contributed by atoms with Crippen molar-refractivity contribution in [3.05, 3.63) is 65.2 Å². The van der Waals surface area contributed by atoms with Crippen molar-refractivity contribution in [2.24, 2.45) is 0 Å². The highest BCUT2D eigenvalue weighted by Gasteiger charge is 2.43. The highest BCUT2D eigenvalue weighted by Crippen LogP contribution is 2.46. The number of rotatable bonds is 4. The lowest BCUT2D eigenvalue weighted by Crippen LogP contribution is -2.25. The van der Waals surface area contributed by atoms with Crippen molar-refractivity contribution >= 4 is 11.3 Å².